The van der Waals surface area contributed by atoms with Crippen LogP contribution in [-0.2, 0) is 4.79 Å². The third-order valence-electron chi connectivity index (χ3n) is 4.75. The van der Waals surface area contributed by atoms with Crippen molar-refractivity contribution in [3.63, 3.8) is 0 Å². The molecule has 1 aliphatic carbocycles. The normalized spacial score (nSPS) is 15.8. The van der Waals surface area contributed by atoms with Gasteiger partial charge in [-0.05, 0) is 24.5 Å². The lowest BCUT2D eigenvalue weighted by Crippen LogP contribution is -2.50. The highest BCUT2D eigenvalue weighted by Crippen LogP contribution is 2.28. The Morgan fingerprint density at radius 2 is 1.68 bits per heavy atom. The Bertz CT molecular complexity index is 758. The summed E-state index contributed by atoms with van der Waals surface area (Å²) in [6, 6.07) is 20.3. The van der Waals surface area contributed by atoms with Crippen LogP contribution in [0.1, 0.15) is 32.1 Å². The first-order valence-corrected chi connectivity index (χ1v) is 8.83. The SMILES string of the molecule is N#CC1(NC(=O)CNc2ccccc2-c2ccccc2)CCCCC1. The summed E-state index contributed by atoms with van der Waals surface area (Å²) in [7, 11) is 0. The lowest BCUT2D eigenvalue weighted by atomic mass is 9.83. The van der Waals surface area contributed by atoms with Crippen LogP contribution < -0.4 is 10.6 Å². The number of hydrogen-bond acceptors (Lipinski definition) is 3. The van der Waals surface area contributed by atoms with E-state index in [9.17, 15) is 10.1 Å². The van der Waals surface area contributed by atoms with Crippen LogP contribution in [0.2, 0.25) is 0 Å². The van der Waals surface area contributed by atoms with Crippen LogP contribution in [0.4, 0.5) is 5.69 Å². The molecular weight excluding hydrogens is 310 g/mol. The summed E-state index contributed by atoms with van der Waals surface area (Å²) in [5.74, 6) is -0.133. The molecule has 2 aromatic carbocycles. The number of nitrogens with zero attached hydrogens (tertiary/aromatic N) is 1. The zero-order chi connectivity index (χ0) is 17.5. The molecule has 1 saturated carbocycles. The van der Waals surface area contributed by atoms with Crippen molar-refractivity contribution in [3.8, 4) is 17.2 Å². The third-order valence-corrected chi connectivity index (χ3v) is 4.75. The van der Waals surface area contributed by atoms with E-state index < -0.39 is 5.54 Å². The predicted octanol–water partition coefficient (Wildman–Crippen LogP) is 4.11. The Morgan fingerprint density at radius 3 is 2.40 bits per heavy atom. The number of para-hydroxylation sites is 1. The number of rotatable bonds is 5. The van der Waals surface area contributed by atoms with Crippen LogP contribution >= 0.6 is 0 Å². The molecule has 2 aromatic rings. The summed E-state index contributed by atoms with van der Waals surface area (Å²) in [5.41, 5.74) is 2.39. The fourth-order valence-corrected chi connectivity index (χ4v) is 3.41. The number of amides is 1. The maximum atomic E-state index is 12.4. The monoisotopic (exact) mass is 333 g/mol. The predicted molar refractivity (Wildman–Crippen MR) is 99.9 cm³/mol. The zero-order valence-electron chi connectivity index (χ0n) is 14.3. The standard InChI is InChI=1S/C21H23N3O/c22-16-21(13-7-2-8-14-21)24-20(25)15-23-19-12-6-5-11-18(19)17-9-3-1-4-10-17/h1,3-6,9-12,23H,2,7-8,13-15H2,(H,24,25). The van der Waals surface area contributed by atoms with Gasteiger partial charge in [0, 0.05) is 11.3 Å². The van der Waals surface area contributed by atoms with E-state index in [-0.39, 0.29) is 12.5 Å². The quantitative estimate of drug-likeness (QED) is 0.865. The minimum atomic E-state index is -0.685. The highest BCUT2D eigenvalue weighted by atomic mass is 16.2. The van der Waals surface area contributed by atoms with Gasteiger partial charge in [-0.1, -0.05) is 67.8 Å². The van der Waals surface area contributed by atoms with E-state index in [4.69, 9.17) is 0 Å². The molecule has 128 valence electrons. The van der Waals surface area contributed by atoms with Gasteiger partial charge in [0.2, 0.25) is 5.91 Å². The third kappa shape index (κ3) is 4.19. The number of hydrogen-bond donors (Lipinski definition) is 2. The van der Waals surface area contributed by atoms with Crippen molar-refractivity contribution >= 4 is 11.6 Å². The van der Waals surface area contributed by atoms with Gasteiger partial charge < -0.3 is 10.6 Å². The fraction of sp³-hybridized carbons (Fsp3) is 0.333. The van der Waals surface area contributed by atoms with E-state index in [0.717, 1.165) is 48.9 Å². The van der Waals surface area contributed by atoms with Crippen LogP contribution in [0, 0.1) is 11.3 Å². The van der Waals surface area contributed by atoms with Crippen molar-refractivity contribution in [1.82, 2.24) is 5.32 Å². The number of nitrogens with one attached hydrogen (secondary N) is 2. The Kier molecular flexibility index (Phi) is 5.35. The fourth-order valence-electron chi connectivity index (χ4n) is 3.41. The summed E-state index contributed by atoms with van der Waals surface area (Å²) in [4.78, 5) is 12.4. The Morgan fingerprint density at radius 1 is 1.00 bits per heavy atom. The molecule has 0 aliphatic heterocycles. The maximum absolute atomic E-state index is 12.4. The molecule has 1 fully saturated rings. The van der Waals surface area contributed by atoms with Crippen molar-refractivity contribution in [2.75, 3.05) is 11.9 Å². The van der Waals surface area contributed by atoms with Gasteiger partial charge in [-0.25, -0.2) is 0 Å². The van der Waals surface area contributed by atoms with Crippen LogP contribution in [0.15, 0.2) is 54.6 Å². The van der Waals surface area contributed by atoms with Gasteiger partial charge in [-0.3, -0.25) is 4.79 Å². The highest BCUT2D eigenvalue weighted by Gasteiger charge is 2.33. The van der Waals surface area contributed by atoms with Crippen LogP contribution in [0.3, 0.4) is 0 Å². The molecule has 0 unspecified atom stereocenters. The molecule has 4 nitrogen and oxygen atoms in total. The van der Waals surface area contributed by atoms with Crippen molar-refractivity contribution in [1.29, 1.82) is 5.26 Å². The summed E-state index contributed by atoms with van der Waals surface area (Å²) in [6.45, 7) is 0.160. The van der Waals surface area contributed by atoms with E-state index in [1.807, 2.05) is 54.6 Å². The zero-order valence-corrected chi connectivity index (χ0v) is 14.3. The maximum Gasteiger partial charge on any atom is 0.240 e. The average molecular weight is 333 g/mol. The van der Waals surface area contributed by atoms with Crippen molar-refractivity contribution in [2.24, 2.45) is 0 Å². The minimum Gasteiger partial charge on any atom is -0.376 e. The molecule has 3 rings (SSSR count). The number of anilines is 1. The van der Waals surface area contributed by atoms with E-state index in [2.05, 4.69) is 16.7 Å². The summed E-state index contributed by atoms with van der Waals surface area (Å²) in [6.07, 6.45) is 4.63. The second-order valence-electron chi connectivity index (χ2n) is 6.57. The van der Waals surface area contributed by atoms with Crippen molar-refractivity contribution in [2.45, 2.75) is 37.6 Å². The minimum absolute atomic E-state index is 0.133. The molecule has 1 amide bonds. The molecule has 0 aromatic heterocycles. The first kappa shape index (κ1) is 17.0. The van der Waals surface area contributed by atoms with E-state index in [0.29, 0.717) is 0 Å². The number of carbonyl (C=O) groups excluding carboxylic acids is 1. The van der Waals surface area contributed by atoms with Crippen LogP contribution in [-0.4, -0.2) is 18.0 Å². The van der Waals surface area contributed by atoms with E-state index >= 15 is 0 Å². The van der Waals surface area contributed by atoms with Gasteiger partial charge in [-0.2, -0.15) is 5.26 Å². The first-order chi connectivity index (χ1) is 12.2. The van der Waals surface area contributed by atoms with Gasteiger partial charge >= 0.3 is 0 Å². The Hall–Kier alpha value is -2.80. The molecule has 0 heterocycles. The lowest BCUT2D eigenvalue weighted by Gasteiger charge is -2.31. The van der Waals surface area contributed by atoms with Gasteiger partial charge in [-0.15, -0.1) is 0 Å². The van der Waals surface area contributed by atoms with Crippen molar-refractivity contribution < 1.29 is 4.79 Å². The number of carbonyl (C=O) groups is 1. The smallest absolute Gasteiger partial charge is 0.240 e. The van der Waals surface area contributed by atoms with Crippen molar-refractivity contribution in [3.05, 3.63) is 54.6 Å². The van der Waals surface area contributed by atoms with E-state index in [1.165, 1.54) is 0 Å². The van der Waals surface area contributed by atoms with Gasteiger partial charge in [0.05, 0.1) is 12.6 Å². The second-order valence-corrected chi connectivity index (χ2v) is 6.57. The van der Waals surface area contributed by atoms with Gasteiger partial charge in [0.1, 0.15) is 5.54 Å². The molecule has 0 radical (unpaired) electrons. The van der Waals surface area contributed by atoms with Gasteiger partial charge in [0.15, 0.2) is 0 Å². The number of benzene rings is 2. The molecule has 2 N–H and O–H groups in total. The van der Waals surface area contributed by atoms with Gasteiger partial charge in [0.25, 0.3) is 0 Å². The Labute approximate surface area is 148 Å². The average Bonchev–Trinajstić information content (AvgIpc) is 2.68. The summed E-state index contributed by atoms with van der Waals surface area (Å²) in [5, 5.41) is 15.7. The lowest BCUT2D eigenvalue weighted by molar-refractivity contribution is -0.121. The molecular formula is C21H23N3O. The molecule has 25 heavy (non-hydrogen) atoms. The topological polar surface area (TPSA) is 64.9 Å². The second kappa shape index (κ2) is 7.85. The molecule has 1 aliphatic rings. The molecule has 0 atom stereocenters. The molecule has 0 saturated heterocycles. The largest absolute Gasteiger partial charge is 0.376 e. The number of nitriles is 1. The summed E-state index contributed by atoms with van der Waals surface area (Å²) >= 11 is 0. The first-order valence-electron chi connectivity index (χ1n) is 8.83. The highest BCUT2D eigenvalue weighted by molar-refractivity contribution is 5.85. The molecule has 0 spiro atoms. The summed E-state index contributed by atoms with van der Waals surface area (Å²) < 4.78 is 0. The Balaban J connectivity index is 1.66. The van der Waals surface area contributed by atoms with Crippen LogP contribution in [0.25, 0.3) is 11.1 Å². The molecule has 0 bridgehead atoms. The van der Waals surface area contributed by atoms with Crippen LogP contribution in [0.5, 0.6) is 0 Å². The van der Waals surface area contributed by atoms with E-state index in [1.54, 1.807) is 0 Å². The molecule has 4 heteroatoms.